The van der Waals surface area contributed by atoms with Crippen LogP contribution in [0, 0.1) is 3.57 Å². The fraction of sp³-hybridized carbons (Fsp3) is 0.300. The second-order valence-corrected chi connectivity index (χ2v) is 5.54. The first kappa shape index (κ1) is 13.0. The van der Waals surface area contributed by atoms with Gasteiger partial charge < -0.3 is 0 Å². The van der Waals surface area contributed by atoms with Crippen LogP contribution >= 0.6 is 45.8 Å². The Bertz CT molecular complexity index is 530. The Kier molecular flexibility index (Phi) is 3.89. The van der Waals surface area contributed by atoms with E-state index in [2.05, 4.69) is 15.1 Å². The summed E-state index contributed by atoms with van der Waals surface area (Å²) >= 11 is 13.9. The highest BCUT2D eigenvalue weighted by atomic mass is 127. The highest BCUT2D eigenvalue weighted by molar-refractivity contribution is 14.1. The maximum atomic E-state index is 5.97. The molecule has 90 valence electrons. The lowest BCUT2D eigenvalue weighted by molar-refractivity contribution is 0.532. The van der Waals surface area contributed by atoms with E-state index in [1.54, 1.807) is 6.20 Å². The first-order valence-electron chi connectivity index (χ1n) is 4.92. The van der Waals surface area contributed by atoms with Gasteiger partial charge in [-0.25, -0.2) is 9.97 Å². The third-order valence-corrected chi connectivity index (χ3v) is 4.37. The molecule has 2 aromatic heterocycles. The van der Waals surface area contributed by atoms with E-state index < -0.39 is 0 Å². The lowest BCUT2D eigenvalue weighted by Gasteiger charge is -2.03. The summed E-state index contributed by atoms with van der Waals surface area (Å²) in [5, 5.41) is 4.94. The SMILES string of the molecule is CC(C)n1cc(-c2nc(Cl)c(I)c(Cl)n2)cn1. The van der Waals surface area contributed by atoms with Gasteiger partial charge >= 0.3 is 0 Å². The van der Waals surface area contributed by atoms with E-state index in [0.29, 0.717) is 25.7 Å². The van der Waals surface area contributed by atoms with Crippen LogP contribution in [0.4, 0.5) is 0 Å². The zero-order chi connectivity index (χ0) is 12.6. The second-order valence-electron chi connectivity index (χ2n) is 3.75. The Morgan fingerprint density at radius 3 is 2.29 bits per heavy atom. The fourth-order valence-corrected chi connectivity index (χ4v) is 1.89. The van der Waals surface area contributed by atoms with E-state index in [-0.39, 0.29) is 0 Å². The molecule has 0 saturated carbocycles. The molecule has 17 heavy (non-hydrogen) atoms. The number of halogens is 3. The number of hydrogen-bond donors (Lipinski definition) is 0. The van der Waals surface area contributed by atoms with Crippen LogP contribution in [-0.2, 0) is 0 Å². The molecule has 0 bridgehead atoms. The first-order chi connectivity index (χ1) is 7.99. The van der Waals surface area contributed by atoms with E-state index >= 15 is 0 Å². The van der Waals surface area contributed by atoms with Gasteiger partial charge in [-0.3, -0.25) is 4.68 Å². The molecule has 0 aromatic carbocycles. The van der Waals surface area contributed by atoms with Gasteiger partial charge in [0.1, 0.15) is 10.3 Å². The third kappa shape index (κ3) is 2.71. The Labute approximate surface area is 122 Å². The summed E-state index contributed by atoms with van der Waals surface area (Å²) in [5.41, 5.74) is 0.805. The molecule has 4 nitrogen and oxygen atoms in total. The van der Waals surface area contributed by atoms with E-state index in [1.807, 2.05) is 47.3 Å². The van der Waals surface area contributed by atoms with Crippen LogP contribution in [0.5, 0.6) is 0 Å². The molecule has 0 amide bonds. The molecule has 0 saturated heterocycles. The Hall–Kier alpha value is -0.400. The van der Waals surface area contributed by atoms with Gasteiger partial charge in [0.25, 0.3) is 0 Å². The average molecular weight is 383 g/mol. The smallest absolute Gasteiger partial charge is 0.165 e. The van der Waals surface area contributed by atoms with Crippen molar-refractivity contribution < 1.29 is 0 Å². The van der Waals surface area contributed by atoms with Gasteiger partial charge in [0.15, 0.2) is 5.82 Å². The number of nitrogens with zero attached hydrogens (tertiary/aromatic N) is 4. The molecule has 2 rings (SSSR count). The van der Waals surface area contributed by atoms with Crippen LogP contribution in [0.1, 0.15) is 19.9 Å². The Morgan fingerprint density at radius 1 is 1.24 bits per heavy atom. The summed E-state index contributed by atoms with van der Waals surface area (Å²) in [6, 6.07) is 0.290. The summed E-state index contributed by atoms with van der Waals surface area (Å²) in [7, 11) is 0. The van der Waals surface area contributed by atoms with E-state index in [1.165, 1.54) is 0 Å². The molecule has 0 aliphatic carbocycles. The summed E-state index contributed by atoms with van der Waals surface area (Å²) < 4.78 is 2.49. The highest BCUT2D eigenvalue weighted by Crippen LogP contribution is 2.26. The van der Waals surface area contributed by atoms with Crippen LogP contribution in [0.25, 0.3) is 11.4 Å². The van der Waals surface area contributed by atoms with Gasteiger partial charge in [-0.1, -0.05) is 23.2 Å². The average Bonchev–Trinajstić information content (AvgIpc) is 2.74. The molecular formula is C10H9Cl2IN4. The lowest BCUT2D eigenvalue weighted by atomic mass is 10.3. The van der Waals surface area contributed by atoms with Gasteiger partial charge in [0.2, 0.25) is 0 Å². The van der Waals surface area contributed by atoms with Gasteiger partial charge in [0.05, 0.1) is 15.3 Å². The largest absolute Gasteiger partial charge is 0.270 e. The van der Waals surface area contributed by atoms with Gasteiger partial charge in [-0.15, -0.1) is 0 Å². The van der Waals surface area contributed by atoms with Crippen LogP contribution < -0.4 is 0 Å². The summed E-state index contributed by atoms with van der Waals surface area (Å²) in [6.07, 6.45) is 3.58. The van der Waals surface area contributed by atoms with Crippen molar-refractivity contribution in [3.05, 3.63) is 26.3 Å². The van der Waals surface area contributed by atoms with Crippen LogP contribution in [0.3, 0.4) is 0 Å². The van der Waals surface area contributed by atoms with Crippen molar-refractivity contribution in [2.75, 3.05) is 0 Å². The van der Waals surface area contributed by atoms with Crippen molar-refractivity contribution in [1.29, 1.82) is 0 Å². The molecule has 0 aliphatic rings. The first-order valence-corrected chi connectivity index (χ1v) is 6.75. The standard InChI is InChI=1S/C10H9Cl2IN4/c1-5(2)17-4-6(3-14-17)10-15-8(11)7(13)9(12)16-10/h3-5H,1-2H3. The summed E-state index contributed by atoms with van der Waals surface area (Å²) in [5.74, 6) is 0.493. The minimum Gasteiger partial charge on any atom is -0.270 e. The molecule has 0 fully saturated rings. The molecule has 7 heteroatoms. The normalized spacial score (nSPS) is 11.2. The molecule has 0 atom stereocenters. The lowest BCUT2D eigenvalue weighted by Crippen LogP contribution is -2.00. The van der Waals surface area contributed by atoms with E-state index in [4.69, 9.17) is 23.2 Å². The van der Waals surface area contributed by atoms with Gasteiger partial charge in [-0.2, -0.15) is 5.10 Å². The molecule has 2 heterocycles. The predicted octanol–water partition coefficient (Wildman–Crippen LogP) is 3.83. The van der Waals surface area contributed by atoms with E-state index in [9.17, 15) is 0 Å². The Balaban J connectivity index is 2.46. The number of rotatable bonds is 2. The maximum Gasteiger partial charge on any atom is 0.165 e. The highest BCUT2D eigenvalue weighted by Gasteiger charge is 2.12. The van der Waals surface area contributed by atoms with Gasteiger partial charge in [0, 0.05) is 12.2 Å². The molecule has 0 unspecified atom stereocenters. The van der Waals surface area contributed by atoms with Crippen molar-refractivity contribution in [1.82, 2.24) is 19.7 Å². The quantitative estimate of drug-likeness (QED) is 0.585. The molecule has 2 aromatic rings. The predicted molar refractivity (Wildman–Crippen MR) is 76.4 cm³/mol. The molecule has 0 aliphatic heterocycles. The summed E-state index contributed by atoms with van der Waals surface area (Å²) in [4.78, 5) is 8.37. The van der Waals surface area contributed by atoms with Gasteiger partial charge in [-0.05, 0) is 36.4 Å². The number of hydrogen-bond acceptors (Lipinski definition) is 3. The minimum atomic E-state index is 0.290. The number of aromatic nitrogens is 4. The van der Waals surface area contributed by atoms with Crippen molar-refractivity contribution in [2.45, 2.75) is 19.9 Å². The molecular weight excluding hydrogens is 374 g/mol. The molecule has 0 radical (unpaired) electrons. The molecule has 0 N–H and O–H groups in total. The second kappa shape index (κ2) is 5.07. The summed E-state index contributed by atoms with van der Waals surface area (Å²) in [6.45, 7) is 4.09. The van der Waals surface area contributed by atoms with Crippen LogP contribution in [-0.4, -0.2) is 19.7 Å². The molecule has 0 spiro atoms. The minimum absolute atomic E-state index is 0.290. The monoisotopic (exact) mass is 382 g/mol. The van der Waals surface area contributed by atoms with Crippen molar-refractivity contribution in [2.24, 2.45) is 0 Å². The van der Waals surface area contributed by atoms with Crippen molar-refractivity contribution in [3.63, 3.8) is 0 Å². The maximum absolute atomic E-state index is 5.97. The van der Waals surface area contributed by atoms with E-state index in [0.717, 1.165) is 5.56 Å². The Morgan fingerprint density at radius 2 is 1.82 bits per heavy atom. The zero-order valence-corrected chi connectivity index (χ0v) is 12.8. The van der Waals surface area contributed by atoms with Crippen LogP contribution in [0.2, 0.25) is 10.3 Å². The third-order valence-electron chi connectivity index (χ3n) is 2.16. The topological polar surface area (TPSA) is 43.6 Å². The van der Waals surface area contributed by atoms with Crippen LogP contribution in [0.15, 0.2) is 12.4 Å². The fourth-order valence-electron chi connectivity index (χ4n) is 1.26. The zero-order valence-electron chi connectivity index (χ0n) is 9.15. The van der Waals surface area contributed by atoms with Crippen molar-refractivity contribution in [3.8, 4) is 11.4 Å². The van der Waals surface area contributed by atoms with Crippen molar-refractivity contribution >= 4 is 45.8 Å².